The van der Waals surface area contributed by atoms with Crippen LogP contribution in [-0.4, -0.2) is 11.5 Å². The predicted octanol–water partition coefficient (Wildman–Crippen LogP) is 4.35. The van der Waals surface area contributed by atoms with Gasteiger partial charge in [0.25, 0.3) is 0 Å². The van der Waals surface area contributed by atoms with Crippen molar-refractivity contribution in [2.75, 3.05) is 6.54 Å². The molecule has 5 heteroatoms. The van der Waals surface area contributed by atoms with Gasteiger partial charge < -0.3 is 5.73 Å². The number of nitrogens with one attached hydrogen (secondary N) is 1. The van der Waals surface area contributed by atoms with Crippen LogP contribution in [0.2, 0.25) is 0 Å². The number of aromatic nitrogens is 1. The van der Waals surface area contributed by atoms with Crippen molar-refractivity contribution < 1.29 is 13.2 Å². The molecule has 0 saturated heterocycles. The Kier molecular flexibility index (Phi) is 3.61. The standard InChI is InChI=1S/C13H16F3N2/c14-13(15,16)11-5-4-10(8-18-11)12(9-17)6-2-1-3-7-12/h4-5,8,17H,1-3,6-7,9H2/q-1. The molecule has 1 heterocycles. The van der Waals surface area contributed by atoms with E-state index >= 15 is 0 Å². The molecule has 1 aromatic heterocycles. The number of rotatable bonds is 2. The van der Waals surface area contributed by atoms with Gasteiger partial charge in [-0.3, -0.25) is 4.98 Å². The maximum absolute atomic E-state index is 12.4. The number of alkyl halides is 3. The van der Waals surface area contributed by atoms with E-state index in [9.17, 15) is 13.2 Å². The molecule has 1 fully saturated rings. The molecule has 1 aliphatic rings. The predicted molar refractivity (Wildman–Crippen MR) is 63.2 cm³/mol. The Hall–Kier alpha value is -1.10. The maximum atomic E-state index is 12.4. The summed E-state index contributed by atoms with van der Waals surface area (Å²) in [7, 11) is 0. The summed E-state index contributed by atoms with van der Waals surface area (Å²) in [5, 5.41) is 0. The van der Waals surface area contributed by atoms with E-state index in [-0.39, 0.29) is 12.0 Å². The second kappa shape index (κ2) is 4.88. The molecule has 0 bridgehead atoms. The average molecular weight is 257 g/mol. The zero-order chi connectivity index (χ0) is 13.2. The van der Waals surface area contributed by atoms with Gasteiger partial charge in [-0.1, -0.05) is 25.3 Å². The van der Waals surface area contributed by atoms with Gasteiger partial charge in [0, 0.05) is 6.20 Å². The zero-order valence-corrected chi connectivity index (χ0v) is 10.1. The minimum atomic E-state index is -4.39. The van der Waals surface area contributed by atoms with Gasteiger partial charge in [0.1, 0.15) is 5.69 Å². The van der Waals surface area contributed by atoms with Crippen LogP contribution in [0.25, 0.3) is 5.73 Å². The third-order valence-corrected chi connectivity index (χ3v) is 3.82. The van der Waals surface area contributed by atoms with Crippen molar-refractivity contribution >= 4 is 0 Å². The number of hydrogen-bond acceptors (Lipinski definition) is 1. The number of halogens is 3. The maximum Gasteiger partial charge on any atom is 0.433 e. The monoisotopic (exact) mass is 257 g/mol. The summed E-state index contributed by atoms with van der Waals surface area (Å²) in [6, 6.07) is 2.52. The molecular formula is C13H16F3N2-. The average Bonchev–Trinajstić information content (AvgIpc) is 2.39. The van der Waals surface area contributed by atoms with Gasteiger partial charge >= 0.3 is 6.18 Å². The lowest BCUT2D eigenvalue weighted by molar-refractivity contribution is -0.141. The Labute approximate surface area is 104 Å². The summed E-state index contributed by atoms with van der Waals surface area (Å²) in [5.74, 6) is 0. The highest BCUT2D eigenvalue weighted by molar-refractivity contribution is 5.27. The van der Waals surface area contributed by atoms with Crippen LogP contribution in [0.4, 0.5) is 13.2 Å². The molecule has 1 aromatic rings. The second-order valence-electron chi connectivity index (χ2n) is 4.95. The quantitative estimate of drug-likeness (QED) is 0.775. The molecule has 0 radical (unpaired) electrons. The van der Waals surface area contributed by atoms with E-state index in [1.807, 2.05) is 0 Å². The van der Waals surface area contributed by atoms with Crippen LogP contribution in [-0.2, 0) is 11.6 Å². The number of hydrogen-bond donors (Lipinski definition) is 0. The highest BCUT2D eigenvalue weighted by atomic mass is 19.4. The Morgan fingerprint density at radius 2 is 1.83 bits per heavy atom. The third kappa shape index (κ3) is 2.51. The molecule has 0 amide bonds. The Bertz CT molecular complexity index is 392. The van der Waals surface area contributed by atoms with Crippen LogP contribution in [0.1, 0.15) is 43.4 Å². The molecule has 0 spiro atoms. The van der Waals surface area contributed by atoms with Gasteiger partial charge in [0.05, 0.1) is 0 Å². The highest BCUT2D eigenvalue weighted by Crippen LogP contribution is 2.40. The molecule has 100 valence electrons. The first-order chi connectivity index (χ1) is 8.48. The van der Waals surface area contributed by atoms with Crippen LogP contribution in [0.15, 0.2) is 18.3 Å². The summed E-state index contributed by atoms with van der Waals surface area (Å²) < 4.78 is 37.3. The van der Waals surface area contributed by atoms with Crippen molar-refractivity contribution in [2.45, 2.75) is 43.7 Å². The van der Waals surface area contributed by atoms with E-state index < -0.39 is 11.9 Å². The van der Waals surface area contributed by atoms with Crippen molar-refractivity contribution in [1.82, 2.24) is 4.98 Å². The van der Waals surface area contributed by atoms with E-state index in [0.29, 0.717) is 0 Å². The Morgan fingerprint density at radius 3 is 2.28 bits per heavy atom. The molecule has 18 heavy (non-hydrogen) atoms. The number of pyridine rings is 1. The Balaban J connectivity index is 2.27. The zero-order valence-electron chi connectivity index (χ0n) is 10.1. The first-order valence-corrected chi connectivity index (χ1v) is 6.16. The lowest BCUT2D eigenvalue weighted by Crippen LogP contribution is -2.31. The van der Waals surface area contributed by atoms with Gasteiger partial charge in [-0.15, -0.1) is 6.54 Å². The SMILES string of the molecule is [NH-]CC1(c2ccc(C(F)(F)F)nc2)CCCCC1. The fourth-order valence-corrected chi connectivity index (χ4v) is 2.67. The fraction of sp³-hybridized carbons (Fsp3) is 0.615. The van der Waals surface area contributed by atoms with Gasteiger partial charge in [0.15, 0.2) is 0 Å². The molecule has 2 rings (SSSR count). The minimum absolute atomic E-state index is 0.222. The Morgan fingerprint density at radius 1 is 1.17 bits per heavy atom. The van der Waals surface area contributed by atoms with E-state index in [1.54, 1.807) is 0 Å². The van der Waals surface area contributed by atoms with Crippen LogP contribution in [0, 0.1) is 0 Å². The van der Waals surface area contributed by atoms with Crippen molar-refractivity contribution in [3.63, 3.8) is 0 Å². The molecule has 0 unspecified atom stereocenters. The minimum Gasteiger partial charge on any atom is -0.677 e. The summed E-state index contributed by atoms with van der Waals surface area (Å²) >= 11 is 0. The molecule has 1 N–H and O–H groups in total. The van der Waals surface area contributed by atoms with Crippen LogP contribution < -0.4 is 0 Å². The largest absolute Gasteiger partial charge is 0.677 e. The normalized spacial score (nSPS) is 19.8. The van der Waals surface area contributed by atoms with Gasteiger partial charge in [-0.05, 0) is 29.9 Å². The van der Waals surface area contributed by atoms with Crippen molar-refractivity contribution in [3.8, 4) is 0 Å². The topological polar surface area (TPSA) is 36.7 Å². The lowest BCUT2D eigenvalue weighted by Gasteiger charge is -2.40. The summed E-state index contributed by atoms with van der Waals surface area (Å²) in [5.41, 5.74) is 7.35. The summed E-state index contributed by atoms with van der Waals surface area (Å²) in [6.45, 7) is 0.222. The molecule has 0 atom stereocenters. The van der Waals surface area contributed by atoms with Crippen molar-refractivity contribution in [3.05, 3.63) is 35.3 Å². The van der Waals surface area contributed by atoms with Crippen LogP contribution in [0.3, 0.4) is 0 Å². The lowest BCUT2D eigenvalue weighted by atomic mass is 9.70. The first-order valence-electron chi connectivity index (χ1n) is 6.16. The van der Waals surface area contributed by atoms with Crippen LogP contribution in [0.5, 0.6) is 0 Å². The van der Waals surface area contributed by atoms with E-state index in [1.165, 1.54) is 12.3 Å². The summed E-state index contributed by atoms with van der Waals surface area (Å²) in [4.78, 5) is 3.51. The smallest absolute Gasteiger partial charge is 0.433 e. The number of nitrogens with zero attached hydrogens (tertiary/aromatic N) is 1. The van der Waals surface area contributed by atoms with E-state index in [2.05, 4.69) is 4.98 Å². The molecule has 2 nitrogen and oxygen atoms in total. The fourth-order valence-electron chi connectivity index (χ4n) is 2.67. The first kappa shape index (κ1) is 13.3. The van der Waals surface area contributed by atoms with Crippen molar-refractivity contribution in [2.24, 2.45) is 0 Å². The van der Waals surface area contributed by atoms with Gasteiger partial charge in [-0.2, -0.15) is 13.2 Å². The van der Waals surface area contributed by atoms with Gasteiger partial charge in [0.2, 0.25) is 0 Å². The third-order valence-electron chi connectivity index (χ3n) is 3.82. The van der Waals surface area contributed by atoms with Crippen molar-refractivity contribution in [1.29, 1.82) is 0 Å². The van der Waals surface area contributed by atoms with Gasteiger partial charge in [-0.25, -0.2) is 0 Å². The van der Waals surface area contributed by atoms with E-state index in [4.69, 9.17) is 5.73 Å². The van der Waals surface area contributed by atoms with Crippen LogP contribution >= 0.6 is 0 Å². The molecule has 1 saturated carbocycles. The molecular weight excluding hydrogens is 241 g/mol. The molecule has 0 aromatic carbocycles. The summed E-state index contributed by atoms with van der Waals surface area (Å²) in [6.07, 6.45) is 1.91. The highest BCUT2D eigenvalue weighted by Gasteiger charge is 2.34. The molecule has 0 aliphatic heterocycles. The second-order valence-corrected chi connectivity index (χ2v) is 4.95. The molecule has 1 aliphatic carbocycles. The van der Waals surface area contributed by atoms with E-state index in [0.717, 1.165) is 43.7 Å².